The van der Waals surface area contributed by atoms with Crippen molar-refractivity contribution in [1.82, 2.24) is 4.98 Å². The van der Waals surface area contributed by atoms with E-state index in [-0.39, 0.29) is 5.56 Å². The normalized spacial score (nSPS) is 9.33. The minimum Gasteiger partial charge on any atom is -0.478 e. The monoisotopic (exact) mass is 163 g/mol. The lowest BCUT2D eigenvalue weighted by Crippen LogP contribution is -2.03. The van der Waals surface area contributed by atoms with E-state index in [1.807, 2.05) is 0 Å². The van der Waals surface area contributed by atoms with Crippen LogP contribution >= 0.6 is 0 Å². The zero-order valence-electron chi connectivity index (χ0n) is 6.53. The second kappa shape index (κ2) is 3.67. The smallest absolute Gasteiger partial charge is 0.337 e. The highest BCUT2D eigenvalue weighted by molar-refractivity contribution is 5.88. The van der Waals surface area contributed by atoms with Gasteiger partial charge in [0, 0.05) is 12.6 Å². The number of allylic oxidation sites excluding steroid dienone is 1. The Morgan fingerprint density at radius 1 is 1.75 bits per heavy atom. The molecular weight excluding hydrogens is 154 g/mol. The van der Waals surface area contributed by atoms with Crippen LogP contribution in [0.1, 0.15) is 16.1 Å². The fourth-order valence-corrected chi connectivity index (χ4v) is 0.932. The number of rotatable bonds is 3. The third-order valence-corrected chi connectivity index (χ3v) is 1.46. The first-order valence-corrected chi connectivity index (χ1v) is 3.53. The quantitative estimate of drug-likeness (QED) is 0.687. The molecular formula is C9H9NO2. The highest BCUT2D eigenvalue weighted by Gasteiger charge is 2.07. The maximum atomic E-state index is 10.6. The van der Waals surface area contributed by atoms with Gasteiger partial charge in [0.2, 0.25) is 0 Å². The number of aromatic carboxylic acids is 1. The Morgan fingerprint density at radius 2 is 2.50 bits per heavy atom. The van der Waals surface area contributed by atoms with Gasteiger partial charge in [-0.05, 0) is 12.1 Å². The molecule has 0 bridgehead atoms. The zero-order chi connectivity index (χ0) is 8.97. The molecule has 3 heteroatoms. The van der Waals surface area contributed by atoms with Gasteiger partial charge in [-0.2, -0.15) is 0 Å². The maximum absolute atomic E-state index is 10.6. The van der Waals surface area contributed by atoms with E-state index in [1.165, 1.54) is 6.07 Å². The Hall–Kier alpha value is -1.64. The van der Waals surface area contributed by atoms with Crippen molar-refractivity contribution in [2.45, 2.75) is 6.42 Å². The molecule has 0 aliphatic carbocycles. The average Bonchev–Trinajstić information content (AvgIpc) is 2.05. The molecule has 0 aromatic carbocycles. The van der Waals surface area contributed by atoms with Crippen molar-refractivity contribution >= 4 is 5.97 Å². The summed E-state index contributed by atoms with van der Waals surface area (Å²) in [4.78, 5) is 14.6. The fourth-order valence-electron chi connectivity index (χ4n) is 0.932. The van der Waals surface area contributed by atoms with Crippen LogP contribution in [0.2, 0.25) is 0 Å². The molecule has 0 atom stereocenters. The van der Waals surface area contributed by atoms with Crippen LogP contribution in [0.3, 0.4) is 0 Å². The van der Waals surface area contributed by atoms with Crippen LogP contribution in [0, 0.1) is 0 Å². The molecule has 1 aromatic heterocycles. The van der Waals surface area contributed by atoms with E-state index < -0.39 is 5.97 Å². The van der Waals surface area contributed by atoms with Gasteiger partial charge in [-0.1, -0.05) is 6.08 Å². The van der Waals surface area contributed by atoms with E-state index in [0.29, 0.717) is 12.1 Å². The third kappa shape index (κ3) is 1.69. The van der Waals surface area contributed by atoms with E-state index in [2.05, 4.69) is 11.6 Å². The third-order valence-electron chi connectivity index (χ3n) is 1.46. The lowest BCUT2D eigenvalue weighted by atomic mass is 10.1. The van der Waals surface area contributed by atoms with Crippen LogP contribution < -0.4 is 0 Å². The molecule has 0 amide bonds. The number of aromatic nitrogens is 1. The summed E-state index contributed by atoms with van der Waals surface area (Å²) in [6.07, 6.45) is 3.70. The van der Waals surface area contributed by atoms with Crippen molar-refractivity contribution in [3.05, 3.63) is 42.2 Å². The summed E-state index contributed by atoms with van der Waals surface area (Å²) in [5.41, 5.74) is 0.803. The number of nitrogens with zero attached hydrogens (tertiary/aromatic N) is 1. The molecule has 0 unspecified atom stereocenters. The number of carboxylic acids is 1. The van der Waals surface area contributed by atoms with E-state index >= 15 is 0 Å². The number of hydrogen-bond acceptors (Lipinski definition) is 2. The Labute approximate surface area is 70.4 Å². The largest absolute Gasteiger partial charge is 0.478 e. The van der Waals surface area contributed by atoms with Crippen LogP contribution in [0.5, 0.6) is 0 Å². The molecule has 0 fully saturated rings. The van der Waals surface area contributed by atoms with Gasteiger partial charge < -0.3 is 5.11 Å². The Bertz CT molecular complexity index is 307. The van der Waals surface area contributed by atoms with Crippen molar-refractivity contribution < 1.29 is 9.90 Å². The molecule has 0 spiro atoms. The second-order valence-corrected chi connectivity index (χ2v) is 2.30. The molecule has 1 aromatic rings. The Kier molecular flexibility index (Phi) is 2.58. The van der Waals surface area contributed by atoms with Gasteiger partial charge in [-0.3, -0.25) is 4.98 Å². The number of hydrogen-bond donors (Lipinski definition) is 1. The summed E-state index contributed by atoms with van der Waals surface area (Å²) >= 11 is 0. The predicted molar refractivity (Wildman–Crippen MR) is 45.1 cm³/mol. The zero-order valence-corrected chi connectivity index (χ0v) is 6.53. The highest BCUT2D eigenvalue weighted by atomic mass is 16.4. The van der Waals surface area contributed by atoms with Crippen molar-refractivity contribution in [1.29, 1.82) is 0 Å². The topological polar surface area (TPSA) is 50.2 Å². The molecule has 0 radical (unpaired) electrons. The van der Waals surface area contributed by atoms with Gasteiger partial charge in [0.15, 0.2) is 0 Å². The molecule has 12 heavy (non-hydrogen) atoms. The number of carbonyl (C=O) groups is 1. The first-order chi connectivity index (χ1) is 5.75. The predicted octanol–water partition coefficient (Wildman–Crippen LogP) is 1.51. The molecule has 0 aliphatic rings. The van der Waals surface area contributed by atoms with Crippen molar-refractivity contribution in [3.8, 4) is 0 Å². The molecule has 1 heterocycles. The Morgan fingerprint density at radius 3 is 3.08 bits per heavy atom. The summed E-state index contributed by atoms with van der Waals surface area (Å²) in [5.74, 6) is -0.944. The lowest BCUT2D eigenvalue weighted by Gasteiger charge is -1.99. The molecule has 62 valence electrons. The standard InChI is InChI=1S/C9H9NO2/c1-2-4-8-7(9(11)12)5-3-6-10-8/h2-3,5-6H,1,4H2,(H,11,12). The average molecular weight is 163 g/mol. The summed E-state index contributed by atoms with van der Waals surface area (Å²) in [7, 11) is 0. The summed E-state index contributed by atoms with van der Waals surface area (Å²) in [6, 6.07) is 3.14. The molecule has 0 saturated heterocycles. The lowest BCUT2D eigenvalue weighted by molar-refractivity contribution is 0.0695. The number of carboxylic acid groups (broad SMARTS) is 1. The first-order valence-electron chi connectivity index (χ1n) is 3.53. The minimum absolute atomic E-state index is 0.248. The van der Waals surface area contributed by atoms with Crippen molar-refractivity contribution in [2.24, 2.45) is 0 Å². The van der Waals surface area contributed by atoms with Crippen molar-refractivity contribution in [3.63, 3.8) is 0 Å². The number of pyridine rings is 1. The van der Waals surface area contributed by atoms with Gasteiger partial charge >= 0.3 is 5.97 Å². The summed E-state index contributed by atoms with van der Waals surface area (Å²) in [6.45, 7) is 3.52. The van der Waals surface area contributed by atoms with Gasteiger partial charge in [0.1, 0.15) is 0 Å². The van der Waals surface area contributed by atoms with Crippen LogP contribution in [-0.2, 0) is 6.42 Å². The minimum atomic E-state index is -0.944. The van der Waals surface area contributed by atoms with Gasteiger partial charge in [0.05, 0.1) is 11.3 Å². The Balaban J connectivity index is 3.07. The summed E-state index contributed by atoms with van der Waals surface area (Å²) < 4.78 is 0. The van der Waals surface area contributed by atoms with Gasteiger partial charge in [-0.25, -0.2) is 4.79 Å². The SMILES string of the molecule is C=CCc1ncccc1C(=O)O. The van der Waals surface area contributed by atoms with E-state index in [4.69, 9.17) is 5.11 Å². The maximum Gasteiger partial charge on any atom is 0.337 e. The van der Waals surface area contributed by atoms with Gasteiger partial charge in [-0.15, -0.1) is 6.58 Å². The van der Waals surface area contributed by atoms with Gasteiger partial charge in [0.25, 0.3) is 0 Å². The van der Waals surface area contributed by atoms with Crippen LogP contribution in [-0.4, -0.2) is 16.1 Å². The fraction of sp³-hybridized carbons (Fsp3) is 0.111. The highest BCUT2D eigenvalue weighted by Crippen LogP contribution is 2.05. The molecule has 1 N–H and O–H groups in total. The van der Waals surface area contributed by atoms with Crippen LogP contribution in [0.25, 0.3) is 0 Å². The molecule has 1 rings (SSSR count). The van der Waals surface area contributed by atoms with Crippen LogP contribution in [0.4, 0.5) is 0 Å². The van der Waals surface area contributed by atoms with E-state index in [9.17, 15) is 4.79 Å². The molecule has 0 saturated carbocycles. The van der Waals surface area contributed by atoms with Crippen molar-refractivity contribution in [2.75, 3.05) is 0 Å². The molecule has 3 nitrogen and oxygen atoms in total. The second-order valence-electron chi connectivity index (χ2n) is 2.30. The van der Waals surface area contributed by atoms with Crippen LogP contribution in [0.15, 0.2) is 31.0 Å². The molecule has 0 aliphatic heterocycles. The van der Waals surface area contributed by atoms with E-state index in [1.54, 1.807) is 18.3 Å². The first kappa shape index (κ1) is 8.46. The summed E-state index contributed by atoms with van der Waals surface area (Å²) in [5, 5.41) is 8.72. The van der Waals surface area contributed by atoms with E-state index in [0.717, 1.165) is 0 Å².